The molecule has 0 saturated carbocycles. The van der Waals surface area contributed by atoms with Gasteiger partial charge >= 0.3 is 0 Å². The molecule has 0 spiro atoms. The molecule has 0 saturated heterocycles. The second kappa shape index (κ2) is 4.34. The summed E-state index contributed by atoms with van der Waals surface area (Å²) < 4.78 is 0. The fourth-order valence-electron chi connectivity index (χ4n) is 1.87. The van der Waals surface area contributed by atoms with E-state index in [1.165, 1.54) is 0 Å². The summed E-state index contributed by atoms with van der Waals surface area (Å²) in [6, 6.07) is 7.49. The molecule has 0 radical (unpaired) electrons. The molecule has 0 bridgehead atoms. The maximum Gasteiger partial charge on any atom is 0.196 e. The number of anilines is 1. The smallest absolute Gasteiger partial charge is 0.196 e. The molecule has 0 atom stereocenters. The molecule has 2 aromatic rings. The number of hydrogen-bond acceptors (Lipinski definition) is 3. The number of nitrogens with two attached hydrogens (primary N) is 1. The Morgan fingerprint density at radius 2 is 1.82 bits per heavy atom. The lowest BCUT2D eigenvalue weighted by Crippen LogP contribution is -2.05. The molecule has 88 valence electrons. The average molecular weight is 245 g/mol. The van der Waals surface area contributed by atoms with Crippen LogP contribution in [-0.2, 0) is 0 Å². The van der Waals surface area contributed by atoms with E-state index in [4.69, 9.17) is 5.73 Å². The van der Waals surface area contributed by atoms with Gasteiger partial charge in [0.1, 0.15) is 0 Å². The topological polar surface area (TPSA) is 43.1 Å². The Kier molecular flexibility index (Phi) is 3.03. The van der Waals surface area contributed by atoms with Gasteiger partial charge in [0.15, 0.2) is 5.78 Å². The third kappa shape index (κ3) is 2.24. The Morgan fingerprint density at radius 3 is 2.41 bits per heavy atom. The molecule has 3 heteroatoms. The molecule has 0 amide bonds. The zero-order valence-corrected chi connectivity index (χ0v) is 11.0. The van der Waals surface area contributed by atoms with Gasteiger partial charge in [-0.25, -0.2) is 0 Å². The van der Waals surface area contributed by atoms with E-state index in [2.05, 4.69) is 0 Å². The summed E-state index contributed by atoms with van der Waals surface area (Å²) in [4.78, 5) is 14.6. The van der Waals surface area contributed by atoms with Crippen LogP contribution in [-0.4, -0.2) is 5.78 Å². The number of ketones is 1. The lowest BCUT2D eigenvalue weighted by atomic mass is 10.0. The largest absolute Gasteiger partial charge is 0.398 e. The first kappa shape index (κ1) is 11.9. The first-order valence-electron chi connectivity index (χ1n) is 5.47. The molecule has 0 fully saturated rings. The monoisotopic (exact) mass is 245 g/mol. The van der Waals surface area contributed by atoms with Crippen molar-refractivity contribution in [3.8, 4) is 0 Å². The molecule has 2 rings (SSSR count). The normalized spacial score (nSPS) is 10.5. The highest BCUT2D eigenvalue weighted by Gasteiger charge is 2.16. The highest BCUT2D eigenvalue weighted by molar-refractivity contribution is 7.12. The predicted molar refractivity (Wildman–Crippen MR) is 72.8 cm³/mol. The number of carbonyl (C=O) groups is 1. The van der Waals surface area contributed by atoms with Crippen molar-refractivity contribution >= 4 is 22.8 Å². The van der Waals surface area contributed by atoms with Gasteiger partial charge in [-0.3, -0.25) is 4.79 Å². The van der Waals surface area contributed by atoms with Crippen molar-refractivity contribution < 1.29 is 4.79 Å². The molecule has 2 N–H and O–H groups in total. The zero-order valence-electron chi connectivity index (χ0n) is 10.2. The molecule has 0 unspecified atom stereocenters. The van der Waals surface area contributed by atoms with Crippen LogP contribution in [0.3, 0.4) is 0 Å². The van der Waals surface area contributed by atoms with E-state index >= 15 is 0 Å². The van der Waals surface area contributed by atoms with E-state index in [9.17, 15) is 4.79 Å². The van der Waals surface area contributed by atoms with Crippen LogP contribution < -0.4 is 5.73 Å². The van der Waals surface area contributed by atoms with Crippen LogP contribution >= 0.6 is 11.3 Å². The summed E-state index contributed by atoms with van der Waals surface area (Å²) in [5.74, 6) is 0.0213. The third-order valence-corrected chi connectivity index (χ3v) is 3.70. The van der Waals surface area contributed by atoms with Gasteiger partial charge in [0.05, 0.1) is 0 Å². The minimum Gasteiger partial charge on any atom is -0.398 e. The summed E-state index contributed by atoms with van der Waals surface area (Å²) in [6.07, 6.45) is 0. The average Bonchev–Trinajstić information content (AvgIpc) is 2.60. The Balaban J connectivity index is 2.50. The van der Waals surface area contributed by atoms with E-state index in [0.29, 0.717) is 11.3 Å². The van der Waals surface area contributed by atoms with Crippen LogP contribution in [0.4, 0.5) is 5.69 Å². The standard InChI is InChI=1S/C14H15NOS/c1-8-4-5-13(15)12(6-8)14(16)11-7-9(2)17-10(11)3/h4-7H,15H2,1-3H3. The Hall–Kier alpha value is -1.61. The molecule has 1 aromatic heterocycles. The molecular formula is C14H15NOS. The van der Waals surface area contributed by atoms with Crippen molar-refractivity contribution in [2.24, 2.45) is 0 Å². The SMILES string of the molecule is Cc1ccc(N)c(C(=O)c2cc(C)sc2C)c1. The van der Waals surface area contributed by atoms with Crippen molar-refractivity contribution in [3.63, 3.8) is 0 Å². The maximum absolute atomic E-state index is 12.4. The fraction of sp³-hybridized carbons (Fsp3) is 0.214. The number of thiophene rings is 1. The van der Waals surface area contributed by atoms with Gasteiger partial charge < -0.3 is 5.73 Å². The summed E-state index contributed by atoms with van der Waals surface area (Å²) in [5, 5.41) is 0. The van der Waals surface area contributed by atoms with Crippen molar-refractivity contribution in [1.29, 1.82) is 0 Å². The van der Waals surface area contributed by atoms with Crippen LogP contribution in [0.15, 0.2) is 24.3 Å². The van der Waals surface area contributed by atoms with Gasteiger partial charge in [0.25, 0.3) is 0 Å². The Morgan fingerprint density at radius 1 is 1.12 bits per heavy atom. The van der Waals surface area contributed by atoms with Crippen molar-refractivity contribution in [1.82, 2.24) is 0 Å². The lowest BCUT2D eigenvalue weighted by molar-refractivity contribution is 0.103. The minimum atomic E-state index is 0.0213. The highest BCUT2D eigenvalue weighted by Crippen LogP contribution is 2.25. The second-order valence-corrected chi connectivity index (χ2v) is 5.71. The molecule has 0 aliphatic carbocycles. The second-order valence-electron chi connectivity index (χ2n) is 4.25. The molecule has 1 heterocycles. The highest BCUT2D eigenvalue weighted by atomic mass is 32.1. The number of nitrogen functional groups attached to an aromatic ring is 1. The zero-order chi connectivity index (χ0) is 12.6. The van der Waals surface area contributed by atoms with Crippen molar-refractivity contribution in [2.75, 3.05) is 5.73 Å². The van der Waals surface area contributed by atoms with E-state index in [1.54, 1.807) is 17.4 Å². The maximum atomic E-state index is 12.4. The molecule has 0 aliphatic rings. The summed E-state index contributed by atoms with van der Waals surface area (Å²) in [7, 11) is 0. The number of hydrogen-bond donors (Lipinski definition) is 1. The van der Waals surface area contributed by atoms with Gasteiger partial charge in [-0.15, -0.1) is 11.3 Å². The quantitative estimate of drug-likeness (QED) is 0.650. The minimum absolute atomic E-state index is 0.0213. The Bertz CT molecular complexity index is 584. The van der Waals surface area contributed by atoms with E-state index < -0.39 is 0 Å². The predicted octanol–water partition coefficient (Wildman–Crippen LogP) is 3.49. The molecular weight excluding hydrogens is 230 g/mol. The van der Waals surface area contributed by atoms with Gasteiger partial charge in [0, 0.05) is 26.6 Å². The number of benzene rings is 1. The number of rotatable bonds is 2. The summed E-state index contributed by atoms with van der Waals surface area (Å²) >= 11 is 1.64. The van der Waals surface area contributed by atoms with Crippen molar-refractivity contribution in [2.45, 2.75) is 20.8 Å². The molecule has 1 aromatic carbocycles. The van der Waals surface area contributed by atoms with Crippen LogP contribution in [0.5, 0.6) is 0 Å². The Labute approximate surface area is 105 Å². The van der Waals surface area contributed by atoms with E-state index in [0.717, 1.165) is 20.9 Å². The van der Waals surface area contributed by atoms with E-state index in [-0.39, 0.29) is 5.78 Å². The van der Waals surface area contributed by atoms with Crippen LogP contribution in [0, 0.1) is 20.8 Å². The lowest BCUT2D eigenvalue weighted by Gasteiger charge is -2.05. The van der Waals surface area contributed by atoms with Crippen LogP contribution in [0.2, 0.25) is 0 Å². The van der Waals surface area contributed by atoms with Gasteiger partial charge in [-0.1, -0.05) is 11.6 Å². The molecule has 2 nitrogen and oxygen atoms in total. The van der Waals surface area contributed by atoms with Gasteiger partial charge in [0.2, 0.25) is 0 Å². The van der Waals surface area contributed by atoms with Crippen LogP contribution in [0.1, 0.15) is 31.2 Å². The molecule has 0 aliphatic heterocycles. The van der Waals surface area contributed by atoms with Gasteiger partial charge in [-0.2, -0.15) is 0 Å². The first-order valence-corrected chi connectivity index (χ1v) is 6.28. The number of aryl methyl sites for hydroxylation is 3. The summed E-state index contributed by atoms with van der Waals surface area (Å²) in [5.41, 5.74) is 8.83. The van der Waals surface area contributed by atoms with Gasteiger partial charge in [-0.05, 0) is 39.0 Å². The third-order valence-electron chi connectivity index (χ3n) is 2.74. The van der Waals surface area contributed by atoms with E-state index in [1.807, 2.05) is 39.0 Å². The molecule has 17 heavy (non-hydrogen) atoms. The summed E-state index contributed by atoms with van der Waals surface area (Å²) in [6.45, 7) is 5.94. The van der Waals surface area contributed by atoms with Crippen LogP contribution in [0.25, 0.3) is 0 Å². The van der Waals surface area contributed by atoms with Crippen molar-refractivity contribution in [3.05, 3.63) is 50.7 Å². The fourth-order valence-corrected chi connectivity index (χ4v) is 2.79. The first-order chi connectivity index (χ1) is 7.99. The number of carbonyl (C=O) groups excluding carboxylic acids is 1.